The molecule has 0 radical (unpaired) electrons. The lowest BCUT2D eigenvalue weighted by Crippen LogP contribution is -2.58. The largest absolute Gasteiger partial charge is 0.480 e. The van der Waals surface area contributed by atoms with E-state index in [-0.39, 0.29) is 12.8 Å². The van der Waals surface area contributed by atoms with Gasteiger partial charge in [-0.1, -0.05) is 20.8 Å². The van der Waals surface area contributed by atoms with Crippen molar-refractivity contribution in [3.05, 3.63) is 0 Å². The van der Waals surface area contributed by atoms with Crippen LogP contribution in [0.15, 0.2) is 0 Å². The minimum atomic E-state index is -1.41. The van der Waals surface area contributed by atoms with E-state index in [2.05, 4.69) is 0 Å². The summed E-state index contributed by atoms with van der Waals surface area (Å²) < 4.78 is 0. The molecule has 0 fully saturated rings. The van der Waals surface area contributed by atoms with Gasteiger partial charge in [0.05, 0.1) is 0 Å². The predicted octanol–water partition coefficient (Wildman–Crippen LogP) is 0.0801. The minimum absolute atomic E-state index is 0.0138. The molecule has 0 spiro atoms. The van der Waals surface area contributed by atoms with Crippen LogP contribution in [-0.2, 0) is 9.59 Å². The van der Waals surface area contributed by atoms with Gasteiger partial charge in [0, 0.05) is 6.42 Å². The number of hydrogen-bond donors (Lipinski definition) is 3. The molecule has 5 heteroatoms. The van der Waals surface area contributed by atoms with Crippen LogP contribution in [0.1, 0.15) is 33.6 Å². The molecule has 0 aromatic carbocycles. The fraction of sp³-hybridized carbons (Fsp3) is 0.778. The summed E-state index contributed by atoms with van der Waals surface area (Å²) in [5.41, 5.74) is 8.68. The van der Waals surface area contributed by atoms with E-state index in [4.69, 9.17) is 16.6 Å². The molecule has 5 nitrogen and oxygen atoms in total. The van der Waals surface area contributed by atoms with Crippen LogP contribution < -0.4 is 11.5 Å². The summed E-state index contributed by atoms with van der Waals surface area (Å²) in [5, 5.41) is 9.00. The monoisotopic (exact) mass is 202 g/mol. The highest BCUT2D eigenvalue weighted by Gasteiger charge is 2.45. The summed E-state index contributed by atoms with van der Waals surface area (Å²) in [5.74, 6) is -1.64. The number of hydrogen-bond acceptors (Lipinski definition) is 3. The number of rotatable bonds is 4. The molecule has 0 aromatic heterocycles. The van der Waals surface area contributed by atoms with Crippen LogP contribution in [0, 0.1) is 5.41 Å². The third kappa shape index (κ3) is 2.70. The first-order valence-corrected chi connectivity index (χ1v) is 4.42. The van der Waals surface area contributed by atoms with Gasteiger partial charge in [-0.05, 0) is 11.8 Å². The maximum absolute atomic E-state index is 11.0. The summed E-state index contributed by atoms with van der Waals surface area (Å²) in [4.78, 5) is 21.6. The third-order valence-electron chi connectivity index (χ3n) is 2.49. The Morgan fingerprint density at radius 3 is 1.93 bits per heavy atom. The van der Waals surface area contributed by atoms with E-state index in [0.717, 1.165) is 0 Å². The van der Waals surface area contributed by atoms with Crippen molar-refractivity contribution >= 4 is 11.9 Å². The van der Waals surface area contributed by atoms with Gasteiger partial charge in [-0.15, -0.1) is 0 Å². The first kappa shape index (κ1) is 12.9. The molecule has 82 valence electrons. The average molecular weight is 202 g/mol. The number of carboxylic acid groups (broad SMARTS) is 1. The first-order valence-electron chi connectivity index (χ1n) is 4.42. The summed E-state index contributed by atoms with van der Waals surface area (Å²) in [6, 6.07) is 0. The second kappa shape index (κ2) is 3.96. The fourth-order valence-electron chi connectivity index (χ4n) is 1.12. The number of carboxylic acids is 1. The normalized spacial score (nSPS) is 16.0. The Kier molecular flexibility index (Phi) is 3.65. The number of primary amides is 1. The van der Waals surface area contributed by atoms with Gasteiger partial charge in [-0.2, -0.15) is 0 Å². The minimum Gasteiger partial charge on any atom is -0.480 e. The topological polar surface area (TPSA) is 106 Å². The number of aliphatic carboxylic acids is 1. The van der Waals surface area contributed by atoms with Crippen LogP contribution in [0.4, 0.5) is 0 Å². The average Bonchev–Trinajstić information content (AvgIpc) is 1.97. The molecule has 5 N–H and O–H groups in total. The van der Waals surface area contributed by atoms with Crippen molar-refractivity contribution in [1.82, 2.24) is 0 Å². The van der Waals surface area contributed by atoms with Crippen molar-refractivity contribution in [2.75, 3.05) is 0 Å². The van der Waals surface area contributed by atoms with E-state index < -0.39 is 22.8 Å². The van der Waals surface area contributed by atoms with E-state index in [9.17, 15) is 9.59 Å². The number of carbonyl (C=O) groups is 2. The van der Waals surface area contributed by atoms with E-state index in [1.165, 1.54) is 0 Å². The third-order valence-corrected chi connectivity index (χ3v) is 2.49. The molecule has 0 saturated heterocycles. The molecule has 0 rings (SSSR count). The van der Waals surface area contributed by atoms with E-state index in [1.54, 1.807) is 20.8 Å². The molecular weight excluding hydrogens is 184 g/mol. The molecule has 0 aromatic rings. The molecule has 0 saturated carbocycles. The van der Waals surface area contributed by atoms with E-state index in [0.29, 0.717) is 0 Å². The lowest BCUT2D eigenvalue weighted by atomic mass is 9.71. The number of amides is 1. The quantitative estimate of drug-likeness (QED) is 0.600. The van der Waals surface area contributed by atoms with Gasteiger partial charge < -0.3 is 16.6 Å². The van der Waals surface area contributed by atoms with Gasteiger partial charge in [-0.3, -0.25) is 9.59 Å². The maximum Gasteiger partial charge on any atom is 0.324 e. The molecule has 0 aliphatic carbocycles. The van der Waals surface area contributed by atoms with Crippen molar-refractivity contribution in [3.8, 4) is 0 Å². The van der Waals surface area contributed by atoms with Crippen LogP contribution in [0.3, 0.4) is 0 Å². The zero-order valence-corrected chi connectivity index (χ0v) is 8.83. The highest BCUT2D eigenvalue weighted by atomic mass is 16.4. The Labute approximate surface area is 83.5 Å². The van der Waals surface area contributed by atoms with Crippen molar-refractivity contribution in [2.24, 2.45) is 16.9 Å². The second-order valence-corrected chi connectivity index (χ2v) is 4.49. The lowest BCUT2D eigenvalue weighted by Gasteiger charge is -2.37. The Balaban J connectivity index is 4.75. The van der Waals surface area contributed by atoms with Gasteiger partial charge in [0.1, 0.15) is 5.54 Å². The van der Waals surface area contributed by atoms with Crippen LogP contribution >= 0.6 is 0 Å². The zero-order valence-electron chi connectivity index (χ0n) is 8.83. The second-order valence-electron chi connectivity index (χ2n) is 4.49. The SMILES string of the molecule is CC(C)(C)[C@@](N)(CCC(N)=O)C(=O)O. The lowest BCUT2D eigenvalue weighted by molar-refractivity contribution is -0.148. The van der Waals surface area contributed by atoms with Crippen LogP contribution in [-0.4, -0.2) is 22.5 Å². The van der Waals surface area contributed by atoms with Crippen LogP contribution in [0.5, 0.6) is 0 Å². The van der Waals surface area contributed by atoms with Crippen molar-refractivity contribution in [1.29, 1.82) is 0 Å². The van der Waals surface area contributed by atoms with Gasteiger partial charge in [0.2, 0.25) is 5.91 Å². The Morgan fingerprint density at radius 1 is 1.29 bits per heavy atom. The molecule has 1 atom stereocenters. The Hall–Kier alpha value is -1.10. The van der Waals surface area contributed by atoms with E-state index >= 15 is 0 Å². The summed E-state index contributed by atoms with van der Waals surface area (Å²) in [7, 11) is 0. The van der Waals surface area contributed by atoms with Gasteiger partial charge in [0.15, 0.2) is 0 Å². The standard InChI is InChI=1S/C9H18N2O3/c1-8(2,3)9(11,7(13)14)5-4-6(10)12/h4-5,11H2,1-3H3,(H2,10,12)(H,13,14)/t9-/m1/s1. The number of nitrogens with two attached hydrogens (primary N) is 2. The first-order chi connectivity index (χ1) is 6.11. The van der Waals surface area contributed by atoms with Crippen molar-refractivity contribution in [2.45, 2.75) is 39.2 Å². The predicted molar refractivity (Wildman–Crippen MR) is 52.4 cm³/mol. The maximum atomic E-state index is 11.0. The van der Waals surface area contributed by atoms with Gasteiger partial charge >= 0.3 is 5.97 Å². The fourth-order valence-corrected chi connectivity index (χ4v) is 1.12. The van der Waals surface area contributed by atoms with Crippen LogP contribution in [0.25, 0.3) is 0 Å². The summed E-state index contributed by atoms with van der Waals surface area (Å²) in [6.45, 7) is 5.17. The molecular formula is C9H18N2O3. The molecule has 0 bridgehead atoms. The van der Waals surface area contributed by atoms with Gasteiger partial charge in [-0.25, -0.2) is 0 Å². The molecule has 0 aliphatic heterocycles. The highest BCUT2D eigenvalue weighted by molar-refractivity contribution is 5.81. The molecule has 0 unspecified atom stereocenters. The zero-order chi connectivity index (χ0) is 11.6. The van der Waals surface area contributed by atoms with Gasteiger partial charge in [0.25, 0.3) is 0 Å². The summed E-state index contributed by atoms with van der Waals surface area (Å²) >= 11 is 0. The van der Waals surface area contributed by atoms with Crippen molar-refractivity contribution in [3.63, 3.8) is 0 Å². The Bertz CT molecular complexity index is 245. The molecule has 0 heterocycles. The van der Waals surface area contributed by atoms with E-state index in [1.807, 2.05) is 0 Å². The molecule has 14 heavy (non-hydrogen) atoms. The van der Waals surface area contributed by atoms with Crippen LogP contribution in [0.2, 0.25) is 0 Å². The highest BCUT2D eigenvalue weighted by Crippen LogP contribution is 2.32. The smallest absolute Gasteiger partial charge is 0.324 e. The van der Waals surface area contributed by atoms with Crippen molar-refractivity contribution < 1.29 is 14.7 Å². The summed E-state index contributed by atoms with van der Waals surface area (Å²) in [6.07, 6.45) is 0.0429. The molecule has 1 amide bonds. The number of carbonyl (C=O) groups excluding carboxylic acids is 1. The Morgan fingerprint density at radius 2 is 1.71 bits per heavy atom. The molecule has 0 aliphatic rings.